The van der Waals surface area contributed by atoms with E-state index in [-0.39, 0.29) is 0 Å². The molecule has 0 amide bonds. The number of hydrogen-bond donors (Lipinski definition) is 1. The minimum absolute atomic E-state index is 0.789. The molecule has 0 spiro atoms. The fourth-order valence-electron chi connectivity index (χ4n) is 0.656. The third-order valence-electron chi connectivity index (χ3n) is 1.21. The molecule has 1 aliphatic rings. The molecule has 42 valence electrons. The Hall–Kier alpha value is -0.0800. The van der Waals surface area contributed by atoms with Crippen LogP contribution < -0.4 is 5.32 Å². The van der Waals surface area contributed by atoms with Crippen molar-refractivity contribution < 1.29 is 10.1 Å². The van der Waals surface area contributed by atoms with Gasteiger partial charge < -0.3 is 10.1 Å². The van der Waals surface area contributed by atoms with Gasteiger partial charge in [-0.05, 0) is 0 Å². The lowest BCUT2D eigenvalue weighted by Crippen LogP contribution is -2.79. The molecule has 2 N–H and O–H groups in total. The van der Waals surface area contributed by atoms with Crippen LogP contribution in [0.1, 0.15) is 0 Å². The molecule has 7 heavy (non-hydrogen) atoms. The molecule has 0 aliphatic carbocycles. The van der Waals surface area contributed by atoms with Gasteiger partial charge in [0.15, 0.2) is 0 Å². The second kappa shape index (κ2) is 2.28. The topological polar surface area (TPSA) is 25.8 Å². The van der Waals surface area contributed by atoms with Crippen molar-refractivity contribution in [2.75, 3.05) is 19.8 Å². The number of ether oxygens (including phenoxy) is 1. The lowest BCUT2D eigenvalue weighted by Gasteiger charge is -2.24. The van der Waals surface area contributed by atoms with Crippen LogP contribution in [0.3, 0.4) is 0 Å². The standard InChI is InChI=1S/C5H11NO/c1-6-2-5-3-7-4-5/h5H,1-4,6H2. The molecule has 2 heteroatoms. The highest BCUT2D eigenvalue weighted by Crippen LogP contribution is 2.05. The van der Waals surface area contributed by atoms with Gasteiger partial charge in [0.05, 0.1) is 25.7 Å². The third kappa shape index (κ3) is 1.14. The Kier molecular flexibility index (Phi) is 1.65. The summed E-state index contributed by atoms with van der Waals surface area (Å²) in [5, 5.41) is 1.95. The molecule has 0 bridgehead atoms. The average molecular weight is 101 g/mol. The second-order valence-electron chi connectivity index (χ2n) is 1.93. The Bertz CT molecular complexity index is 52.0. The van der Waals surface area contributed by atoms with Gasteiger partial charge in [-0.2, -0.15) is 7.05 Å². The van der Waals surface area contributed by atoms with Gasteiger partial charge in [0, 0.05) is 0 Å². The van der Waals surface area contributed by atoms with E-state index in [2.05, 4.69) is 7.05 Å². The van der Waals surface area contributed by atoms with Gasteiger partial charge >= 0.3 is 0 Å². The van der Waals surface area contributed by atoms with E-state index in [9.17, 15) is 0 Å². The van der Waals surface area contributed by atoms with E-state index in [1.807, 2.05) is 5.32 Å². The van der Waals surface area contributed by atoms with Crippen molar-refractivity contribution in [1.29, 1.82) is 0 Å². The molecule has 0 radical (unpaired) electrons. The highest BCUT2D eigenvalue weighted by Gasteiger charge is 2.17. The van der Waals surface area contributed by atoms with Crippen molar-refractivity contribution >= 4 is 0 Å². The first-order valence-corrected chi connectivity index (χ1v) is 2.62. The molecule has 1 fully saturated rings. The fourth-order valence-corrected chi connectivity index (χ4v) is 0.656. The van der Waals surface area contributed by atoms with E-state index in [1.165, 1.54) is 0 Å². The maximum absolute atomic E-state index is 4.94. The van der Waals surface area contributed by atoms with Crippen molar-refractivity contribution in [3.8, 4) is 0 Å². The van der Waals surface area contributed by atoms with Crippen molar-refractivity contribution in [1.82, 2.24) is 0 Å². The van der Waals surface area contributed by atoms with Crippen LogP contribution in [0.15, 0.2) is 0 Å². The summed E-state index contributed by atoms with van der Waals surface area (Å²) in [4.78, 5) is 0. The second-order valence-corrected chi connectivity index (χ2v) is 1.93. The molecule has 2 nitrogen and oxygen atoms in total. The van der Waals surface area contributed by atoms with Gasteiger partial charge in [-0.25, -0.2) is 0 Å². The zero-order chi connectivity index (χ0) is 5.11. The van der Waals surface area contributed by atoms with E-state index in [1.54, 1.807) is 0 Å². The minimum Gasteiger partial charge on any atom is -0.478 e. The van der Waals surface area contributed by atoms with Crippen LogP contribution in [0.5, 0.6) is 0 Å². The Morgan fingerprint density at radius 2 is 2.43 bits per heavy atom. The Labute approximate surface area is 43.9 Å². The van der Waals surface area contributed by atoms with Crippen molar-refractivity contribution in [2.45, 2.75) is 0 Å². The molecule has 0 saturated carbocycles. The maximum atomic E-state index is 4.94. The van der Waals surface area contributed by atoms with Gasteiger partial charge in [0.25, 0.3) is 0 Å². The minimum atomic E-state index is 0.789. The van der Waals surface area contributed by atoms with Gasteiger partial charge in [-0.3, -0.25) is 0 Å². The van der Waals surface area contributed by atoms with Crippen molar-refractivity contribution in [3.05, 3.63) is 7.05 Å². The number of nitrogens with two attached hydrogens (primary N) is 1. The maximum Gasteiger partial charge on any atom is 0.0589 e. The SMILES string of the molecule is [CH2-][NH2+]CC1COC1. The fraction of sp³-hybridized carbons (Fsp3) is 0.800. The molecule has 0 aromatic heterocycles. The summed E-state index contributed by atoms with van der Waals surface area (Å²) in [6.07, 6.45) is 0. The number of rotatable bonds is 2. The first-order valence-electron chi connectivity index (χ1n) is 2.62. The van der Waals surface area contributed by atoms with Gasteiger partial charge in [-0.15, -0.1) is 0 Å². The van der Waals surface area contributed by atoms with Crippen LogP contribution in [0.25, 0.3) is 0 Å². The molecule has 1 heterocycles. The summed E-state index contributed by atoms with van der Waals surface area (Å²) in [6, 6.07) is 0. The van der Waals surface area contributed by atoms with Gasteiger partial charge in [-0.1, -0.05) is 0 Å². The summed E-state index contributed by atoms with van der Waals surface area (Å²) in [5.74, 6) is 0.789. The molecule has 1 aliphatic heterocycles. The average Bonchev–Trinajstić information content (AvgIpc) is 1.55. The molecule has 0 aromatic carbocycles. The largest absolute Gasteiger partial charge is 0.478 e. The van der Waals surface area contributed by atoms with E-state index in [0.717, 1.165) is 25.7 Å². The van der Waals surface area contributed by atoms with Crippen LogP contribution >= 0.6 is 0 Å². The molecular formula is C5H11NO. The van der Waals surface area contributed by atoms with E-state index < -0.39 is 0 Å². The van der Waals surface area contributed by atoms with Crippen LogP contribution in [-0.2, 0) is 4.74 Å². The zero-order valence-electron chi connectivity index (χ0n) is 4.39. The predicted molar refractivity (Wildman–Crippen MR) is 26.5 cm³/mol. The lowest BCUT2D eigenvalue weighted by atomic mass is 10.1. The summed E-state index contributed by atoms with van der Waals surface area (Å²) in [6.45, 7) is 3.03. The molecular weight excluding hydrogens is 90.1 g/mol. The van der Waals surface area contributed by atoms with E-state index in [0.29, 0.717) is 0 Å². The third-order valence-corrected chi connectivity index (χ3v) is 1.21. The zero-order valence-corrected chi connectivity index (χ0v) is 4.39. The molecule has 0 unspecified atom stereocenters. The summed E-state index contributed by atoms with van der Waals surface area (Å²) >= 11 is 0. The Balaban J connectivity index is 1.93. The molecule has 1 rings (SSSR count). The van der Waals surface area contributed by atoms with Gasteiger partial charge in [0.1, 0.15) is 0 Å². The first kappa shape index (κ1) is 5.06. The predicted octanol–water partition coefficient (Wildman–Crippen LogP) is -1.01. The number of hydrogen-bond acceptors (Lipinski definition) is 1. The molecule has 1 saturated heterocycles. The highest BCUT2D eigenvalue weighted by molar-refractivity contribution is 4.61. The highest BCUT2D eigenvalue weighted by atomic mass is 16.5. The molecule has 0 atom stereocenters. The summed E-state index contributed by atoms with van der Waals surface area (Å²) in [7, 11) is 3.63. The van der Waals surface area contributed by atoms with Crippen molar-refractivity contribution in [3.63, 3.8) is 0 Å². The van der Waals surface area contributed by atoms with Crippen LogP contribution in [-0.4, -0.2) is 19.8 Å². The van der Waals surface area contributed by atoms with E-state index >= 15 is 0 Å². The smallest absolute Gasteiger partial charge is 0.0589 e. The Morgan fingerprint density at radius 3 is 2.57 bits per heavy atom. The first-order chi connectivity index (χ1) is 3.43. The Morgan fingerprint density at radius 1 is 1.71 bits per heavy atom. The van der Waals surface area contributed by atoms with Crippen molar-refractivity contribution in [2.24, 2.45) is 5.92 Å². The van der Waals surface area contributed by atoms with E-state index in [4.69, 9.17) is 4.74 Å². The molecule has 0 aromatic rings. The van der Waals surface area contributed by atoms with Crippen LogP contribution in [0, 0.1) is 13.0 Å². The monoisotopic (exact) mass is 101 g/mol. The summed E-state index contributed by atoms with van der Waals surface area (Å²) < 4.78 is 4.94. The quantitative estimate of drug-likeness (QED) is 0.443. The van der Waals surface area contributed by atoms with Crippen LogP contribution in [0.2, 0.25) is 0 Å². The lowest BCUT2D eigenvalue weighted by molar-refractivity contribution is -0.606. The van der Waals surface area contributed by atoms with Gasteiger partial charge in [0.2, 0.25) is 0 Å². The normalized spacial score (nSPS) is 21.9. The number of quaternary nitrogens is 1. The summed E-state index contributed by atoms with van der Waals surface area (Å²) in [5.41, 5.74) is 0. The van der Waals surface area contributed by atoms with Crippen LogP contribution in [0.4, 0.5) is 0 Å².